The number of phenols is 1. The molecule has 0 aliphatic carbocycles. The minimum absolute atomic E-state index is 0.230. The highest BCUT2D eigenvalue weighted by molar-refractivity contribution is 5.79. The Morgan fingerprint density at radius 3 is 2.38 bits per heavy atom. The first-order valence-corrected chi connectivity index (χ1v) is 9.58. The van der Waals surface area contributed by atoms with Crippen LogP contribution in [0.1, 0.15) is 52.0 Å². The molecule has 0 heterocycles. The first-order chi connectivity index (χ1) is 12.5. The van der Waals surface area contributed by atoms with Gasteiger partial charge in [0.1, 0.15) is 11.5 Å². The van der Waals surface area contributed by atoms with Gasteiger partial charge in [-0.25, -0.2) is 0 Å². The van der Waals surface area contributed by atoms with Crippen molar-refractivity contribution in [1.82, 2.24) is 10.6 Å². The first-order valence-electron chi connectivity index (χ1n) is 9.58. The molecule has 0 aromatic heterocycles. The molecule has 4 N–H and O–H groups in total. The molecule has 0 fully saturated rings. The van der Waals surface area contributed by atoms with Gasteiger partial charge in [-0.05, 0) is 37.8 Å². The lowest BCUT2D eigenvalue weighted by atomic mass is 9.93. The number of nitrogens with one attached hydrogen (secondary N) is 2. The number of aliphatic imine (C=N–C) groups is 1. The van der Waals surface area contributed by atoms with E-state index in [0.717, 1.165) is 37.8 Å². The van der Waals surface area contributed by atoms with E-state index in [-0.39, 0.29) is 5.75 Å². The molecule has 148 valence electrons. The Bertz CT molecular complexity index is 555. The normalized spacial score (nSPS) is 12.1. The molecule has 0 bridgehead atoms. The zero-order chi connectivity index (χ0) is 19.4. The Hall–Kier alpha value is -1.95. The van der Waals surface area contributed by atoms with E-state index < -0.39 is 5.60 Å². The van der Waals surface area contributed by atoms with Crippen LogP contribution in [0.3, 0.4) is 0 Å². The van der Waals surface area contributed by atoms with E-state index in [0.29, 0.717) is 31.2 Å². The van der Waals surface area contributed by atoms with Gasteiger partial charge in [-0.2, -0.15) is 0 Å². The number of guanidine groups is 1. The van der Waals surface area contributed by atoms with Crippen LogP contribution in [0.4, 0.5) is 0 Å². The average molecular weight is 366 g/mol. The van der Waals surface area contributed by atoms with Crippen molar-refractivity contribution >= 4 is 5.96 Å². The highest BCUT2D eigenvalue weighted by Crippen LogP contribution is 2.23. The summed E-state index contributed by atoms with van der Waals surface area (Å²) in [5.74, 6) is 1.56. The predicted octanol–water partition coefficient (Wildman–Crippen LogP) is 2.83. The Morgan fingerprint density at radius 2 is 1.85 bits per heavy atom. The second-order valence-corrected chi connectivity index (χ2v) is 6.59. The van der Waals surface area contributed by atoms with Gasteiger partial charge in [0, 0.05) is 19.2 Å². The highest BCUT2D eigenvalue weighted by atomic mass is 16.5. The Kier molecular flexibility index (Phi) is 9.88. The van der Waals surface area contributed by atoms with Gasteiger partial charge in [-0.3, -0.25) is 4.99 Å². The lowest BCUT2D eigenvalue weighted by Crippen LogP contribution is -2.40. The number of methoxy groups -OCH3 is 1. The molecule has 6 heteroatoms. The van der Waals surface area contributed by atoms with Gasteiger partial charge in [-0.15, -0.1) is 0 Å². The second-order valence-electron chi connectivity index (χ2n) is 6.59. The van der Waals surface area contributed by atoms with Crippen LogP contribution < -0.4 is 15.4 Å². The van der Waals surface area contributed by atoms with E-state index in [2.05, 4.69) is 29.5 Å². The standard InChI is InChI=1S/C20H35N3O3/c1-5-11-20(25,12-6-2)15-23-19(21-7-3)22-13-10-16-8-9-17(26-4)14-18(16)24/h8-9,14,24-25H,5-7,10-13,15H2,1-4H3,(H2,21,22,23). The molecule has 0 saturated heterocycles. The summed E-state index contributed by atoms with van der Waals surface area (Å²) in [6.45, 7) is 7.93. The molecule has 0 unspecified atom stereocenters. The fraction of sp³-hybridized carbons (Fsp3) is 0.650. The SMILES string of the molecule is CCCC(O)(CCC)CN=C(NCC)NCCc1ccc(OC)cc1O. The van der Waals surface area contributed by atoms with Crippen molar-refractivity contribution in [3.8, 4) is 11.5 Å². The molecule has 0 radical (unpaired) electrons. The van der Waals surface area contributed by atoms with E-state index in [1.54, 1.807) is 13.2 Å². The molecule has 1 rings (SSSR count). The number of hydrogen-bond donors (Lipinski definition) is 4. The van der Waals surface area contributed by atoms with Crippen molar-refractivity contribution in [1.29, 1.82) is 0 Å². The Morgan fingerprint density at radius 1 is 1.15 bits per heavy atom. The number of hydrogen-bond acceptors (Lipinski definition) is 4. The number of aliphatic hydroxyl groups is 1. The number of nitrogens with zero attached hydrogens (tertiary/aromatic N) is 1. The van der Waals surface area contributed by atoms with Crippen LogP contribution in [0.2, 0.25) is 0 Å². The molecule has 1 aromatic rings. The number of ether oxygens (including phenoxy) is 1. The number of aromatic hydroxyl groups is 1. The summed E-state index contributed by atoms with van der Waals surface area (Å²) in [7, 11) is 1.58. The lowest BCUT2D eigenvalue weighted by molar-refractivity contribution is 0.0306. The summed E-state index contributed by atoms with van der Waals surface area (Å²) in [6, 6.07) is 5.31. The van der Waals surface area contributed by atoms with Crippen LogP contribution in [0, 0.1) is 0 Å². The van der Waals surface area contributed by atoms with E-state index in [1.165, 1.54) is 0 Å². The van der Waals surface area contributed by atoms with Gasteiger partial charge in [0.15, 0.2) is 5.96 Å². The van der Waals surface area contributed by atoms with Crippen LogP contribution >= 0.6 is 0 Å². The summed E-state index contributed by atoms with van der Waals surface area (Å²) in [5.41, 5.74) is 0.114. The smallest absolute Gasteiger partial charge is 0.191 e. The molecule has 0 amide bonds. The minimum Gasteiger partial charge on any atom is -0.508 e. The Labute approximate surface area is 157 Å². The third kappa shape index (κ3) is 7.52. The van der Waals surface area contributed by atoms with Crippen LogP contribution in [0.25, 0.3) is 0 Å². The maximum atomic E-state index is 10.7. The molecule has 1 aromatic carbocycles. The average Bonchev–Trinajstić information content (AvgIpc) is 2.61. The van der Waals surface area contributed by atoms with Gasteiger partial charge >= 0.3 is 0 Å². The van der Waals surface area contributed by atoms with E-state index >= 15 is 0 Å². The number of rotatable bonds is 11. The second kappa shape index (κ2) is 11.6. The molecule has 6 nitrogen and oxygen atoms in total. The van der Waals surface area contributed by atoms with Crippen LogP contribution in [0.15, 0.2) is 23.2 Å². The largest absolute Gasteiger partial charge is 0.508 e. The summed E-state index contributed by atoms with van der Waals surface area (Å²) < 4.78 is 5.10. The lowest BCUT2D eigenvalue weighted by Gasteiger charge is -2.26. The van der Waals surface area contributed by atoms with Gasteiger partial charge < -0.3 is 25.6 Å². The van der Waals surface area contributed by atoms with Crippen molar-refractivity contribution in [3.63, 3.8) is 0 Å². The highest BCUT2D eigenvalue weighted by Gasteiger charge is 2.24. The van der Waals surface area contributed by atoms with E-state index in [4.69, 9.17) is 4.74 Å². The van der Waals surface area contributed by atoms with Crippen molar-refractivity contribution in [2.24, 2.45) is 4.99 Å². The van der Waals surface area contributed by atoms with Crippen molar-refractivity contribution in [2.75, 3.05) is 26.7 Å². The molecule has 0 aliphatic heterocycles. The monoisotopic (exact) mass is 365 g/mol. The van der Waals surface area contributed by atoms with Crippen molar-refractivity contribution in [2.45, 2.75) is 58.5 Å². The molecule has 0 saturated carbocycles. The van der Waals surface area contributed by atoms with E-state index in [9.17, 15) is 10.2 Å². The predicted molar refractivity (Wildman–Crippen MR) is 107 cm³/mol. The van der Waals surface area contributed by atoms with Crippen LogP contribution in [-0.4, -0.2) is 48.5 Å². The number of benzene rings is 1. The van der Waals surface area contributed by atoms with Gasteiger partial charge in [0.2, 0.25) is 0 Å². The summed E-state index contributed by atoms with van der Waals surface area (Å²) in [4.78, 5) is 4.57. The minimum atomic E-state index is -0.736. The van der Waals surface area contributed by atoms with Crippen LogP contribution in [-0.2, 0) is 6.42 Å². The summed E-state index contributed by atoms with van der Waals surface area (Å²) >= 11 is 0. The molecular formula is C20H35N3O3. The summed E-state index contributed by atoms with van der Waals surface area (Å²) in [6.07, 6.45) is 4.04. The molecular weight excluding hydrogens is 330 g/mol. The molecule has 0 atom stereocenters. The summed E-state index contributed by atoms with van der Waals surface area (Å²) in [5, 5.41) is 27.2. The van der Waals surface area contributed by atoms with Gasteiger partial charge in [-0.1, -0.05) is 32.8 Å². The number of phenolic OH excluding ortho intramolecular Hbond substituents is 1. The maximum Gasteiger partial charge on any atom is 0.191 e. The maximum absolute atomic E-state index is 10.7. The zero-order valence-electron chi connectivity index (χ0n) is 16.6. The van der Waals surface area contributed by atoms with Crippen molar-refractivity contribution < 1.29 is 14.9 Å². The first kappa shape index (κ1) is 22.1. The Balaban J connectivity index is 2.64. The topological polar surface area (TPSA) is 86.1 Å². The van der Waals surface area contributed by atoms with E-state index in [1.807, 2.05) is 19.1 Å². The fourth-order valence-corrected chi connectivity index (χ4v) is 2.98. The molecule has 0 spiro atoms. The van der Waals surface area contributed by atoms with Gasteiger partial charge in [0.05, 0.1) is 19.3 Å². The van der Waals surface area contributed by atoms with Crippen LogP contribution in [0.5, 0.6) is 11.5 Å². The molecule has 26 heavy (non-hydrogen) atoms. The third-order valence-electron chi connectivity index (χ3n) is 4.29. The zero-order valence-corrected chi connectivity index (χ0v) is 16.6. The molecule has 0 aliphatic rings. The van der Waals surface area contributed by atoms with Gasteiger partial charge in [0.25, 0.3) is 0 Å². The fourth-order valence-electron chi connectivity index (χ4n) is 2.98. The van der Waals surface area contributed by atoms with Crippen molar-refractivity contribution in [3.05, 3.63) is 23.8 Å². The quantitative estimate of drug-likeness (QED) is 0.358. The third-order valence-corrected chi connectivity index (χ3v) is 4.29.